The van der Waals surface area contributed by atoms with Crippen molar-refractivity contribution in [3.05, 3.63) is 65.2 Å². The lowest BCUT2D eigenvalue weighted by molar-refractivity contribution is 0.0935. The first-order valence-corrected chi connectivity index (χ1v) is 11.0. The van der Waals surface area contributed by atoms with E-state index >= 15 is 0 Å². The van der Waals surface area contributed by atoms with Gasteiger partial charge in [-0.1, -0.05) is 36.8 Å². The third kappa shape index (κ3) is 4.50. The van der Waals surface area contributed by atoms with Gasteiger partial charge >= 0.3 is 0 Å². The van der Waals surface area contributed by atoms with Crippen LogP contribution in [0.2, 0.25) is 0 Å². The summed E-state index contributed by atoms with van der Waals surface area (Å²) in [5, 5.41) is 3.06. The third-order valence-electron chi connectivity index (χ3n) is 4.96. The van der Waals surface area contributed by atoms with Crippen molar-refractivity contribution in [3.8, 4) is 0 Å². The Bertz CT molecular complexity index is 890. The number of aryl methyl sites for hydroxylation is 1. The maximum Gasteiger partial charge on any atom is 0.251 e. The highest BCUT2D eigenvalue weighted by Crippen LogP contribution is 2.24. The van der Waals surface area contributed by atoms with Gasteiger partial charge in [-0.2, -0.15) is 0 Å². The number of carbonyl (C=O) groups is 1. The van der Waals surface area contributed by atoms with Crippen molar-refractivity contribution in [2.75, 3.05) is 16.6 Å². The highest BCUT2D eigenvalue weighted by Gasteiger charge is 2.26. The Labute approximate surface area is 161 Å². The fourth-order valence-corrected chi connectivity index (χ4v) is 4.96. The topological polar surface area (TPSA) is 66.5 Å². The predicted molar refractivity (Wildman–Crippen MR) is 108 cm³/mol. The van der Waals surface area contributed by atoms with E-state index in [0.29, 0.717) is 24.2 Å². The fraction of sp³-hybridized carbons (Fsp3) is 0.381. The number of anilines is 1. The Hall–Kier alpha value is -2.34. The van der Waals surface area contributed by atoms with Crippen LogP contribution in [0.25, 0.3) is 0 Å². The molecule has 1 aliphatic heterocycles. The number of sulfonamides is 1. The van der Waals surface area contributed by atoms with Gasteiger partial charge < -0.3 is 5.32 Å². The first-order valence-electron chi connectivity index (χ1n) is 9.38. The molecule has 0 radical (unpaired) electrons. The minimum atomic E-state index is -3.24. The Kier molecular flexibility index (Phi) is 5.85. The first-order chi connectivity index (χ1) is 12.9. The minimum Gasteiger partial charge on any atom is -0.345 e. The Morgan fingerprint density at radius 2 is 1.74 bits per heavy atom. The van der Waals surface area contributed by atoms with Crippen LogP contribution < -0.4 is 9.62 Å². The zero-order valence-electron chi connectivity index (χ0n) is 15.8. The van der Waals surface area contributed by atoms with Crippen LogP contribution in [-0.2, 0) is 10.0 Å². The highest BCUT2D eigenvalue weighted by atomic mass is 32.2. The average Bonchev–Trinajstić information content (AvgIpc) is 2.66. The van der Waals surface area contributed by atoms with E-state index < -0.39 is 10.0 Å². The van der Waals surface area contributed by atoms with E-state index in [-0.39, 0.29) is 17.7 Å². The van der Waals surface area contributed by atoms with Crippen LogP contribution in [0.4, 0.5) is 5.69 Å². The van der Waals surface area contributed by atoms with Crippen molar-refractivity contribution in [3.63, 3.8) is 0 Å². The summed E-state index contributed by atoms with van der Waals surface area (Å²) in [5.41, 5.74) is 3.41. The molecule has 1 unspecified atom stereocenters. The van der Waals surface area contributed by atoms with E-state index in [4.69, 9.17) is 0 Å². The molecule has 1 atom stereocenters. The van der Waals surface area contributed by atoms with Gasteiger partial charge in [0.15, 0.2) is 0 Å². The third-order valence-corrected chi connectivity index (χ3v) is 6.83. The first kappa shape index (κ1) is 19.4. The largest absolute Gasteiger partial charge is 0.345 e. The summed E-state index contributed by atoms with van der Waals surface area (Å²) in [4.78, 5) is 12.6. The normalized spacial score (nSPS) is 17.3. The molecule has 1 heterocycles. The molecule has 0 aromatic heterocycles. The summed E-state index contributed by atoms with van der Waals surface area (Å²) in [6.07, 6.45) is 2.35. The van der Waals surface area contributed by atoms with Crippen molar-refractivity contribution in [1.29, 1.82) is 0 Å². The number of nitrogens with one attached hydrogen (secondary N) is 1. The molecule has 1 saturated heterocycles. The van der Waals surface area contributed by atoms with Crippen LogP contribution in [-0.4, -0.2) is 26.6 Å². The molecule has 1 amide bonds. The molecule has 3 rings (SSSR count). The molecule has 27 heavy (non-hydrogen) atoms. The van der Waals surface area contributed by atoms with Crippen molar-refractivity contribution in [2.24, 2.45) is 0 Å². The predicted octanol–water partition coefficient (Wildman–Crippen LogP) is 3.81. The Morgan fingerprint density at radius 3 is 2.33 bits per heavy atom. The molecule has 0 saturated carbocycles. The molecule has 0 aliphatic carbocycles. The maximum atomic E-state index is 12.6. The van der Waals surface area contributed by atoms with Gasteiger partial charge in [0.1, 0.15) is 0 Å². The van der Waals surface area contributed by atoms with Crippen LogP contribution in [0.15, 0.2) is 48.5 Å². The lowest BCUT2D eigenvalue weighted by Gasteiger charge is -2.28. The van der Waals surface area contributed by atoms with Crippen molar-refractivity contribution >= 4 is 21.6 Å². The lowest BCUT2D eigenvalue weighted by Crippen LogP contribution is -2.37. The second-order valence-electron chi connectivity index (χ2n) is 6.99. The average molecular weight is 387 g/mol. The molecule has 0 spiro atoms. The second-order valence-corrected chi connectivity index (χ2v) is 9.00. The summed E-state index contributed by atoms with van der Waals surface area (Å²) in [6.45, 7) is 4.57. The standard InChI is InChI=1S/C21H26N2O3S/c1-3-20(17-8-6-16(2)7-9-17)22-21(24)18-10-12-19(13-11-18)23-14-4-5-15-27(23,25)26/h6-13,20H,3-5,14-15H2,1-2H3,(H,22,24). The van der Waals surface area contributed by atoms with E-state index in [2.05, 4.69) is 5.32 Å². The van der Waals surface area contributed by atoms with E-state index in [9.17, 15) is 13.2 Å². The minimum absolute atomic E-state index is 0.0553. The zero-order chi connectivity index (χ0) is 19.4. The summed E-state index contributed by atoms with van der Waals surface area (Å²) >= 11 is 0. The van der Waals surface area contributed by atoms with Crippen molar-refractivity contribution in [1.82, 2.24) is 5.32 Å². The molecule has 2 aromatic rings. The molecular weight excluding hydrogens is 360 g/mol. The van der Waals surface area contributed by atoms with Gasteiger partial charge in [-0.15, -0.1) is 0 Å². The van der Waals surface area contributed by atoms with Crippen LogP contribution in [0.1, 0.15) is 53.7 Å². The molecule has 6 heteroatoms. The van der Waals surface area contributed by atoms with Crippen molar-refractivity contribution in [2.45, 2.75) is 39.2 Å². The molecule has 2 aromatic carbocycles. The Balaban J connectivity index is 1.72. The van der Waals surface area contributed by atoms with Gasteiger partial charge in [0.25, 0.3) is 5.91 Å². The number of carbonyl (C=O) groups excluding carboxylic acids is 1. The van der Waals surface area contributed by atoms with Crippen LogP contribution in [0.5, 0.6) is 0 Å². The number of benzene rings is 2. The van der Waals surface area contributed by atoms with Gasteiger partial charge in [0.2, 0.25) is 10.0 Å². The fourth-order valence-electron chi connectivity index (χ4n) is 3.32. The number of amides is 1. The van der Waals surface area contributed by atoms with Crippen LogP contribution >= 0.6 is 0 Å². The van der Waals surface area contributed by atoms with E-state index in [0.717, 1.165) is 18.4 Å². The smallest absolute Gasteiger partial charge is 0.251 e. The van der Waals surface area contributed by atoms with Crippen molar-refractivity contribution < 1.29 is 13.2 Å². The molecule has 144 valence electrons. The highest BCUT2D eigenvalue weighted by molar-refractivity contribution is 7.92. The van der Waals surface area contributed by atoms with Gasteiger partial charge in [0.05, 0.1) is 17.5 Å². The molecular formula is C21H26N2O3S. The second kappa shape index (κ2) is 8.13. The van der Waals surface area contributed by atoms with E-state index in [1.54, 1.807) is 24.3 Å². The molecule has 1 fully saturated rings. The summed E-state index contributed by atoms with van der Waals surface area (Å²) in [7, 11) is -3.24. The molecule has 5 nitrogen and oxygen atoms in total. The SMILES string of the molecule is CCC(NC(=O)c1ccc(N2CCCCS2(=O)=O)cc1)c1ccc(C)cc1. The number of rotatable bonds is 5. The molecule has 1 aliphatic rings. The summed E-state index contributed by atoms with van der Waals surface area (Å²) in [6, 6.07) is 14.9. The van der Waals surface area contributed by atoms with Gasteiger partial charge in [-0.3, -0.25) is 9.10 Å². The summed E-state index contributed by atoms with van der Waals surface area (Å²) in [5.74, 6) is 0.0275. The van der Waals surface area contributed by atoms with Gasteiger partial charge in [0, 0.05) is 12.1 Å². The quantitative estimate of drug-likeness (QED) is 0.850. The summed E-state index contributed by atoms with van der Waals surface area (Å²) < 4.78 is 25.9. The Morgan fingerprint density at radius 1 is 1.07 bits per heavy atom. The molecule has 1 N–H and O–H groups in total. The van der Waals surface area contributed by atoms with Gasteiger partial charge in [-0.25, -0.2) is 8.42 Å². The van der Waals surface area contributed by atoms with E-state index in [1.807, 2.05) is 38.1 Å². The van der Waals surface area contributed by atoms with Gasteiger partial charge in [-0.05, 0) is 56.0 Å². The zero-order valence-corrected chi connectivity index (χ0v) is 16.6. The number of nitrogens with zero attached hydrogens (tertiary/aromatic N) is 1. The van der Waals surface area contributed by atoms with E-state index in [1.165, 1.54) is 9.87 Å². The van der Waals surface area contributed by atoms with Crippen LogP contribution in [0.3, 0.4) is 0 Å². The maximum absolute atomic E-state index is 12.6. The number of hydrogen-bond acceptors (Lipinski definition) is 3. The number of hydrogen-bond donors (Lipinski definition) is 1. The molecule has 0 bridgehead atoms. The van der Waals surface area contributed by atoms with Crippen LogP contribution in [0, 0.1) is 6.92 Å². The monoisotopic (exact) mass is 386 g/mol. The lowest BCUT2D eigenvalue weighted by atomic mass is 10.0.